The Kier molecular flexibility index (Phi) is 6.74. The van der Waals surface area contributed by atoms with Crippen LogP contribution in [0.2, 0.25) is 0 Å². The number of benzene rings is 2. The second kappa shape index (κ2) is 9.37. The summed E-state index contributed by atoms with van der Waals surface area (Å²) < 4.78 is 28.5. The van der Waals surface area contributed by atoms with Gasteiger partial charge >= 0.3 is 0 Å². The Bertz CT molecular complexity index is 1130. The van der Waals surface area contributed by atoms with Gasteiger partial charge in [-0.05, 0) is 67.1 Å². The van der Waals surface area contributed by atoms with Gasteiger partial charge in [0.25, 0.3) is 0 Å². The van der Waals surface area contributed by atoms with Crippen LogP contribution in [0, 0.1) is 0 Å². The van der Waals surface area contributed by atoms with Crippen LogP contribution < -0.4 is 4.72 Å². The maximum atomic E-state index is 13.0. The maximum Gasteiger partial charge on any atom is 0.245 e. The number of rotatable bonds is 6. The molecule has 7 nitrogen and oxygen atoms in total. The standard InChI is InChI=1S/C23H28ClN3O4S/c1-16(22(28)26-10-3-2-4-11-26)27-12-9-21(23(27)29)25-32(30,31)20-8-7-18-13-17(15-24)5-6-19(18)14-20/h5-8,13-14,16,21,25H,2-4,9-12,15H2,1H3/t16-,21?/m0/s1. The van der Waals surface area contributed by atoms with Gasteiger partial charge in [0, 0.05) is 25.5 Å². The molecule has 2 aromatic carbocycles. The highest BCUT2D eigenvalue weighted by Gasteiger charge is 2.40. The fraction of sp³-hybridized carbons (Fsp3) is 0.478. The van der Waals surface area contributed by atoms with Crippen molar-refractivity contribution < 1.29 is 18.0 Å². The van der Waals surface area contributed by atoms with Crippen molar-refractivity contribution in [1.29, 1.82) is 0 Å². The van der Waals surface area contributed by atoms with E-state index in [1.165, 1.54) is 11.0 Å². The molecule has 2 aromatic rings. The van der Waals surface area contributed by atoms with Gasteiger partial charge in [0.1, 0.15) is 12.1 Å². The molecule has 2 aliphatic rings. The molecule has 0 saturated carbocycles. The molecular formula is C23H28ClN3O4S. The highest BCUT2D eigenvalue weighted by Crippen LogP contribution is 2.23. The maximum absolute atomic E-state index is 13.0. The molecule has 0 bridgehead atoms. The Hall–Kier alpha value is -2.16. The van der Waals surface area contributed by atoms with E-state index in [4.69, 9.17) is 11.6 Å². The largest absolute Gasteiger partial charge is 0.341 e. The molecule has 0 aliphatic carbocycles. The summed E-state index contributed by atoms with van der Waals surface area (Å²) in [5, 5.41) is 1.68. The van der Waals surface area contributed by atoms with E-state index in [1.807, 2.05) is 23.1 Å². The first-order valence-corrected chi connectivity index (χ1v) is 13.0. The summed E-state index contributed by atoms with van der Waals surface area (Å²) in [6, 6.07) is 9.02. The summed E-state index contributed by atoms with van der Waals surface area (Å²) in [4.78, 5) is 29.2. The zero-order chi connectivity index (χ0) is 22.9. The Morgan fingerprint density at radius 2 is 1.78 bits per heavy atom. The van der Waals surface area contributed by atoms with Crippen LogP contribution in [0.5, 0.6) is 0 Å². The molecule has 1 unspecified atom stereocenters. The number of likely N-dealkylation sites (tertiary alicyclic amines) is 2. The minimum atomic E-state index is -3.89. The molecule has 2 atom stereocenters. The fourth-order valence-electron chi connectivity index (χ4n) is 4.49. The number of piperidine rings is 1. The number of carbonyl (C=O) groups is 2. The van der Waals surface area contributed by atoms with Gasteiger partial charge in [0.15, 0.2) is 0 Å². The third-order valence-corrected chi connectivity index (χ3v) is 8.15. The molecule has 32 heavy (non-hydrogen) atoms. The highest BCUT2D eigenvalue weighted by molar-refractivity contribution is 7.89. The van der Waals surface area contributed by atoms with Gasteiger partial charge in [-0.25, -0.2) is 8.42 Å². The molecule has 9 heteroatoms. The first-order valence-electron chi connectivity index (χ1n) is 11.0. The molecular weight excluding hydrogens is 450 g/mol. The molecule has 0 radical (unpaired) electrons. The molecule has 4 rings (SSSR count). The summed E-state index contributed by atoms with van der Waals surface area (Å²) in [5.74, 6) is -0.0253. The number of fused-ring (bicyclic) bond motifs is 1. The summed E-state index contributed by atoms with van der Waals surface area (Å²) in [6.07, 6.45) is 3.41. The number of alkyl halides is 1. The molecule has 172 valence electrons. The van der Waals surface area contributed by atoms with Crippen LogP contribution >= 0.6 is 11.6 Å². The Morgan fingerprint density at radius 1 is 1.09 bits per heavy atom. The average molecular weight is 478 g/mol. The van der Waals surface area contributed by atoms with Crippen molar-refractivity contribution in [3.8, 4) is 0 Å². The van der Waals surface area contributed by atoms with Crippen LogP contribution in [0.1, 0.15) is 38.2 Å². The van der Waals surface area contributed by atoms with Gasteiger partial charge in [0.2, 0.25) is 21.8 Å². The third kappa shape index (κ3) is 4.63. The van der Waals surface area contributed by atoms with E-state index in [0.29, 0.717) is 18.8 Å². The van der Waals surface area contributed by atoms with E-state index < -0.39 is 22.1 Å². The number of hydrogen-bond donors (Lipinski definition) is 1. The van der Waals surface area contributed by atoms with Crippen LogP contribution in [-0.2, 0) is 25.5 Å². The van der Waals surface area contributed by atoms with Crippen molar-refractivity contribution in [2.75, 3.05) is 19.6 Å². The van der Waals surface area contributed by atoms with Gasteiger partial charge in [-0.3, -0.25) is 9.59 Å². The number of nitrogens with one attached hydrogen (secondary N) is 1. The van der Waals surface area contributed by atoms with Gasteiger partial charge in [0.05, 0.1) is 4.90 Å². The predicted molar refractivity (Wildman–Crippen MR) is 124 cm³/mol. The number of halogens is 1. The number of sulfonamides is 1. The van der Waals surface area contributed by atoms with Gasteiger partial charge in [-0.2, -0.15) is 4.72 Å². The van der Waals surface area contributed by atoms with E-state index in [2.05, 4.69) is 4.72 Å². The number of hydrogen-bond acceptors (Lipinski definition) is 4. The molecule has 2 aliphatic heterocycles. The van der Waals surface area contributed by atoms with Gasteiger partial charge in [-0.1, -0.05) is 18.2 Å². The zero-order valence-electron chi connectivity index (χ0n) is 18.1. The molecule has 0 spiro atoms. The monoisotopic (exact) mass is 477 g/mol. The topological polar surface area (TPSA) is 86.8 Å². The van der Waals surface area contributed by atoms with Gasteiger partial charge in [-0.15, -0.1) is 11.6 Å². The van der Waals surface area contributed by atoms with Crippen LogP contribution in [0.3, 0.4) is 0 Å². The second-order valence-electron chi connectivity index (χ2n) is 8.53. The Balaban J connectivity index is 1.46. The van der Waals surface area contributed by atoms with Crippen LogP contribution in [0.15, 0.2) is 41.3 Å². The van der Waals surface area contributed by atoms with Crippen molar-refractivity contribution in [1.82, 2.24) is 14.5 Å². The lowest BCUT2D eigenvalue weighted by atomic mass is 10.1. The van der Waals surface area contributed by atoms with E-state index in [-0.39, 0.29) is 16.7 Å². The van der Waals surface area contributed by atoms with Crippen molar-refractivity contribution in [3.05, 3.63) is 42.0 Å². The lowest BCUT2D eigenvalue weighted by Gasteiger charge is -2.32. The Labute approximate surface area is 193 Å². The fourth-order valence-corrected chi connectivity index (χ4v) is 5.91. The normalized spacial score (nSPS) is 20.7. The minimum Gasteiger partial charge on any atom is -0.341 e. The van der Waals surface area contributed by atoms with Crippen molar-refractivity contribution in [2.45, 2.75) is 55.5 Å². The van der Waals surface area contributed by atoms with Crippen molar-refractivity contribution in [2.24, 2.45) is 0 Å². The predicted octanol–water partition coefficient (Wildman–Crippen LogP) is 2.86. The molecule has 2 heterocycles. The summed E-state index contributed by atoms with van der Waals surface area (Å²) in [5.41, 5.74) is 0.956. The summed E-state index contributed by atoms with van der Waals surface area (Å²) in [6.45, 7) is 3.51. The van der Waals surface area contributed by atoms with E-state index in [1.54, 1.807) is 19.1 Å². The lowest BCUT2D eigenvalue weighted by Crippen LogP contribution is -2.51. The summed E-state index contributed by atoms with van der Waals surface area (Å²) >= 11 is 5.87. The number of carbonyl (C=O) groups excluding carboxylic acids is 2. The van der Waals surface area contributed by atoms with Crippen molar-refractivity contribution >= 4 is 44.2 Å². The van der Waals surface area contributed by atoms with Crippen LogP contribution in [-0.4, -0.2) is 61.7 Å². The third-order valence-electron chi connectivity index (χ3n) is 6.37. The Morgan fingerprint density at radius 3 is 2.50 bits per heavy atom. The second-order valence-corrected chi connectivity index (χ2v) is 10.5. The average Bonchev–Trinajstić information content (AvgIpc) is 3.17. The number of nitrogens with zero attached hydrogens (tertiary/aromatic N) is 2. The molecule has 1 N–H and O–H groups in total. The minimum absolute atomic E-state index is 0.0626. The van der Waals surface area contributed by atoms with E-state index in [0.717, 1.165) is 48.7 Å². The quantitative estimate of drug-likeness (QED) is 0.648. The van der Waals surface area contributed by atoms with Gasteiger partial charge < -0.3 is 9.80 Å². The van der Waals surface area contributed by atoms with E-state index in [9.17, 15) is 18.0 Å². The van der Waals surface area contributed by atoms with E-state index >= 15 is 0 Å². The molecule has 2 saturated heterocycles. The molecule has 0 aromatic heterocycles. The smallest absolute Gasteiger partial charge is 0.245 e. The first kappa shape index (κ1) is 23.0. The first-order chi connectivity index (χ1) is 15.3. The molecule has 2 fully saturated rings. The molecule has 2 amide bonds. The van der Waals surface area contributed by atoms with Crippen LogP contribution in [0.4, 0.5) is 0 Å². The number of amides is 2. The lowest BCUT2D eigenvalue weighted by molar-refractivity contribution is -0.143. The SMILES string of the molecule is C[C@@H](C(=O)N1CCCCC1)N1CCC(NS(=O)(=O)c2ccc3cc(CCl)ccc3c2)C1=O. The summed E-state index contributed by atoms with van der Waals surface area (Å²) in [7, 11) is -3.89. The van der Waals surface area contributed by atoms with Crippen LogP contribution in [0.25, 0.3) is 10.8 Å². The highest BCUT2D eigenvalue weighted by atomic mass is 35.5. The zero-order valence-corrected chi connectivity index (χ0v) is 19.7. The van der Waals surface area contributed by atoms with Crippen molar-refractivity contribution in [3.63, 3.8) is 0 Å².